The van der Waals surface area contributed by atoms with Gasteiger partial charge in [0.15, 0.2) is 24.0 Å². The lowest BCUT2D eigenvalue weighted by atomic mass is 9.98. The molecule has 3 heterocycles. The molecule has 3 saturated heterocycles. The maximum atomic E-state index is 13.2. The second-order valence-electron chi connectivity index (χ2n) is 9.84. The van der Waals surface area contributed by atoms with E-state index in [1.165, 1.54) is 0 Å². The summed E-state index contributed by atoms with van der Waals surface area (Å²) in [5.41, 5.74) is 0.675. The molecular formula is C25H30N2O7. The molecule has 6 atom stereocenters. The number of fused-ring (bicyclic) bond motifs is 4. The molecule has 3 aliphatic heterocycles. The van der Waals surface area contributed by atoms with E-state index in [1.807, 2.05) is 42.5 Å². The van der Waals surface area contributed by atoms with Crippen molar-refractivity contribution < 1.29 is 33.3 Å². The SMILES string of the molecule is C[C@H](NC(=O)[C@@H]1O[C@@H]2OC(C)(C)O[C@@H]2[C@H]2OC(C)(C)O[C@@H]21)C(=O)Nc1cccc2ccccc12. The van der Waals surface area contributed by atoms with Crippen LogP contribution in [-0.2, 0) is 33.3 Å². The third-order valence-corrected chi connectivity index (χ3v) is 6.21. The molecule has 3 fully saturated rings. The van der Waals surface area contributed by atoms with Crippen molar-refractivity contribution in [2.45, 2.75) is 82.9 Å². The first-order valence-electron chi connectivity index (χ1n) is 11.5. The van der Waals surface area contributed by atoms with Crippen LogP contribution in [0.4, 0.5) is 5.69 Å². The van der Waals surface area contributed by atoms with Gasteiger partial charge in [0.25, 0.3) is 5.91 Å². The first kappa shape index (κ1) is 23.2. The maximum Gasteiger partial charge on any atom is 0.252 e. The summed E-state index contributed by atoms with van der Waals surface area (Å²) in [5, 5.41) is 7.58. The zero-order valence-electron chi connectivity index (χ0n) is 19.9. The average Bonchev–Trinajstić information content (AvgIpc) is 3.26. The van der Waals surface area contributed by atoms with Crippen LogP contribution in [0.1, 0.15) is 34.6 Å². The van der Waals surface area contributed by atoms with E-state index in [0.717, 1.165) is 10.8 Å². The van der Waals surface area contributed by atoms with Gasteiger partial charge in [-0.25, -0.2) is 0 Å². The van der Waals surface area contributed by atoms with E-state index in [0.29, 0.717) is 5.69 Å². The number of ether oxygens (including phenoxy) is 5. The summed E-state index contributed by atoms with van der Waals surface area (Å²) in [5.74, 6) is -2.63. The van der Waals surface area contributed by atoms with Crippen LogP contribution in [0.25, 0.3) is 10.8 Å². The molecule has 34 heavy (non-hydrogen) atoms. The first-order valence-corrected chi connectivity index (χ1v) is 11.5. The fourth-order valence-electron chi connectivity index (χ4n) is 4.76. The molecule has 0 bridgehead atoms. The van der Waals surface area contributed by atoms with E-state index in [2.05, 4.69) is 10.6 Å². The van der Waals surface area contributed by atoms with E-state index >= 15 is 0 Å². The number of rotatable bonds is 4. The van der Waals surface area contributed by atoms with Crippen LogP contribution >= 0.6 is 0 Å². The van der Waals surface area contributed by atoms with Crippen LogP contribution in [0.3, 0.4) is 0 Å². The Morgan fingerprint density at radius 1 is 0.853 bits per heavy atom. The standard InChI is InChI=1S/C25H30N2O7/c1-13(21(28)27-16-12-8-10-14-9-6-7-11-15(14)16)26-22(29)19-17-18(32-24(2,3)31-17)20-23(30-19)34-25(4,5)33-20/h6-13,17-20,23H,1-5H3,(H,26,29)(H,27,28)/t13-,17-,18-,19+,20+,23+/m0/s1. The molecule has 9 heteroatoms. The molecule has 0 aromatic heterocycles. The number of hydrogen-bond acceptors (Lipinski definition) is 7. The van der Waals surface area contributed by atoms with Gasteiger partial charge in [-0.2, -0.15) is 0 Å². The van der Waals surface area contributed by atoms with Gasteiger partial charge in [0, 0.05) is 11.1 Å². The van der Waals surface area contributed by atoms with E-state index in [4.69, 9.17) is 23.7 Å². The summed E-state index contributed by atoms with van der Waals surface area (Å²) in [6.07, 6.45) is -3.60. The molecular weight excluding hydrogens is 440 g/mol. The van der Waals surface area contributed by atoms with Gasteiger partial charge in [0.05, 0.1) is 0 Å². The van der Waals surface area contributed by atoms with Gasteiger partial charge in [0.2, 0.25) is 5.91 Å². The molecule has 3 aliphatic rings. The highest BCUT2D eigenvalue weighted by Gasteiger charge is 2.62. The molecule has 0 saturated carbocycles. The highest BCUT2D eigenvalue weighted by molar-refractivity contribution is 6.04. The van der Waals surface area contributed by atoms with Gasteiger partial charge in [-0.15, -0.1) is 0 Å². The van der Waals surface area contributed by atoms with E-state index in [1.54, 1.807) is 34.6 Å². The van der Waals surface area contributed by atoms with Gasteiger partial charge in [-0.1, -0.05) is 36.4 Å². The van der Waals surface area contributed by atoms with Crippen molar-refractivity contribution in [1.29, 1.82) is 0 Å². The molecule has 2 amide bonds. The Balaban J connectivity index is 1.29. The first-order chi connectivity index (χ1) is 16.0. The van der Waals surface area contributed by atoms with Crippen molar-refractivity contribution in [2.24, 2.45) is 0 Å². The van der Waals surface area contributed by atoms with Gasteiger partial charge in [-0.05, 0) is 46.1 Å². The quantitative estimate of drug-likeness (QED) is 0.708. The largest absolute Gasteiger partial charge is 0.342 e. The van der Waals surface area contributed by atoms with Gasteiger partial charge < -0.3 is 34.3 Å². The predicted octanol–water partition coefficient (Wildman–Crippen LogP) is 2.68. The van der Waals surface area contributed by atoms with Crippen molar-refractivity contribution in [3.8, 4) is 0 Å². The number of carbonyl (C=O) groups excluding carboxylic acids is 2. The highest BCUT2D eigenvalue weighted by atomic mass is 16.9. The van der Waals surface area contributed by atoms with Crippen LogP contribution in [0.5, 0.6) is 0 Å². The van der Waals surface area contributed by atoms with Crippen molar-refractivity contribution >= 4 is 28.3 Å². The van der Waals surface area contributed by atoms with Crippen molar-refractivity contribution in [3.63, 3.8) is 0 Å². The Morgan fingerprint density at radius 3 is 2.29 bits per heavy atom. The Kier molecular flexibility index (Phi) is 5.65. The van der Waals surface area contributed by atoms with Crippen LogP contribution in [0.15, 0.2) is 42.5 Å². The third kappa shape index (κ3) is 4.30. The molecule has 2 aromatic carbocycles. The zero-order valence-corrected chi connectivity index (χ0v) is 19.9. The number of anilines is 1. The minimum Gasteiger partial charge on any atom is -0.342 e. The van der Waals surface area contributed by atoms with E-state index in [9.17, 15) is 9.59 Å². The monoisotopic (exact) mass is 470 g/mol. The molecule has 0 aliphatic carbocycles. The second-order valence-corrected chi connectivity index (χ2v) is 9.84. The van der Waals surface area contributed by atoms with Crippen LogP contribution in [0, 0.1) is 0 Å². The molecule has 5 rings (SSSR count). The van der Waals surface area contributed by atoms with Crippen LogP contribution in [-0.4, -0.2) is 60.1 Å². The van der Waals surface area contributed by atoms with Crippen LogP contribution in [0.2, 0.25) is 0 Å². The summed E-state index contributed by atoms with van der Waals surface area (Å²) in [4.78, 5) is 26.1. The minimum atomic E-state index is -1.03. The molecule has 182 valence electrons. The lowest BCUT2D eigenvalue weighted by Crippen LogP contribution is -2.60. The third-order valence-electron chi connectivity index (χ3n) is 6.21. The summed E-state index contributed by atoms with van der Waals surface area (Å²) >= 11 is 0. The minimum absolute atomic E-state index is 0.347. The Hall–Kier alpha value is -2.56. The average molecular weight is 471 g/mol. The van der Waals surface area contributed by atoms with Crippen molar-refractivity contribution in [2.75, 3.05) is 5.32 Å². The smallest absolute Gasteiger partial charge is 0.252 e. The van der Waals surface area contributed by atoms with Crippen molar-refractivity contribution in [1.82, 2.24) is 5.32 Å². The number of hydrogen-bond donors (Lipinski definition) is 2. The molecule has 0 radical (unpaired) electrons. The lowest BCUT2D eigenvalue weighted by Gasteiger charge is -2.36. The Morgan fingerprint density at radius 2 is 1.50 bits per heavy atom. The second kappa shape index (κ2) is 8.28. The molecule has 0 spiro atoms. The topological polar surface area (TPSA) is 104 Å². The maximum absolute atomic E-state index is 13.2. The Labute approximate surface area is 198 Å². The molecule has 2 aromatic rings. The molecule has 0 unspecified atom stereocenters. The van der Waals surface area contributed by atoms with E-state index in [-0.39, 0.29) is 5.91 Å². The van der Waals surface area contributed by atoms with Gasteiger partial charge in [-0.3, -0.25) is 9.59 Å². The molecule has 2 N–H and O–H groups in total. The number of carbonyl (C=O) groups is 2. The molecule has 9 nitrogen and oxygen atoms in total. The Bertz CT molecular complexity index is 1110. The number of amides is 2. The zero-order chi connectivity index (χ0) is 24.3. The summed E-state index contributed by atoms with van der Waals surface area (Å²) < 4.78 is 29.8. The normalized spacial score (nSPS) is 32.0. The fourth-order valence-corrected chi connectivity index (χ4v) is 4.76. The van der Waals surface area contributed by atoms with Gasteiger partial charge >= 0.3 is 0 Å². The van der Waals surface area contributed by atoms with Crippen molar-refractivity contribution in [3.05, 3.63) is 42.5 Å². The summed E-state index contributed by atoms with van der Waals surface area (Å²) in [6, 6.07) is 12.6. The number of benzene rings is 2. The number of nitrogens with one attached hydrogen (secondary N) is 2. The highest BCUT2D eigenvalue weighted by Crippen LogP contribution is 2.44. The summed E-state index contributed by atoms with van der Waals surface area (Å²) in [6.45, 7) is 8.72. The van der Waals surface area contributed by atoms with E-state index < -0.39 is 54.2 Å². The van der Waals surface area contributed by atoms with Gasteiger partial charge in [0.1, 0.15) is 24.4 Å². The van der Waals surface area contributed by atoms with Crippen LogP contribution < -0.4 is 10.6 Å². The predicted molar refractivity (Wildman–Crippen MR) is 123 cm³/mol. The lowest BCUT2D eigenvalue weighted by molar-refractivity contribution is -0.231. The fraction of sp³-hybridized carbons (Fsp3) is 0.520. The summed E-state index contributed by atoms with van der Waals surface area (Å²) in [7, 11) is 0.